The molecule has 0 bridgehead atoms. The summed E-state index contributed by atoms with van der Waals surface area (Å²) >= 11 is 0. The molecule has 1 aliphatic heterocycles. The summed E-state index contributed by atoms with van der Waals surface area (Å²) in [5.74, 6) is -0.0545. The van der Waals surface area contributed by atoms with E-state index in [1.807, 2.05) is 42.2 Å². The fourth-order valence-corrected chi connectivity index (χ4v) is 2.36. The number of hydrogen-bond acceptors (Lipinski definition) is 4. The number of aromatic nitrogens is 3. The molecule has 1 fully saturated rings. The second-order valence-electron chi connectivity index (χ2n) is 4.94. The summed E-state index contributed by atoms with van der Waals surface area (Å²) in [4.78, 5) is 14.3. The van der Waals surface area contributed by atoms with Crippen LogP contribution in [0.5, 0.6) is 0 Å². The number of rotatable bonds is 2. The minimum Gasteiger partial charge on any atom is -0.332 e. The summed E-state index contributed by atoms with van der Waals surface area (Å²) in [6, 6.07) is 9.83. The number of carbonyl (C=O) groups is 1. The van der Waals surface area contributed by atoms with Gasteiger partial charge in [-0.15, -0.1) is 5.10 Å². The van der Waals surface area contributed by atoms with Crippen molar-refractivity contribution in [2.75, 3.05) is 19.6 Å². The van der Waals surface area contributed by atoms with Crippen molar-refractivity contribution >= 4 is 5.91 Å². The summed E-state index contributed by atoms with van der Waals surface area (Å²) < 4.78 is 1.63. The number of para-hydroxylation sites is 1. The predicted molar refractivity (Wildman–Crippen MR) is 74.7 cm³/mol. The summed E-state index contributed by atoms with van der Waals surface area (Å²) in [5.41, 5.74) is 1.29. The number of piperazine rings is 1. The average molecular weight is 271 g/mol. The first kappa shape index (κ1) is 12.8. The molecule has 2 aromatic rings. The third-order valence-corrected chi connectivity index (χ3v) is 3.50. The Morgan fingerprint density at radius 1 is 1.35 bits per heavy atom. The number of nitrogens with zero attached hydrogens (tertiary/aromatic N) is 4. The van der Waals surface area contributed by atoms with Crippen LogP contribution in [-0.2, 0) is 0 Å². The molecule has 6 heteroatoms. The van der Waals surface area contributed by atoms with Crippen LogP contribution in [-0.4, -0.2) is 51.5 Å². The lowest BCUT2D eigenvalue weighted by Gasteiger charge is -2.33. The highest BCUT2D eigenvalue weighted by atomic mass is 16.2. The maximum Gasteiger partial charge on any atom is 0.276 e. The van der Waals surface area contributed by atoms with Gasteiger partial charge in [-0.2, -0.15) is 0 Å². The Hall–Kier alpha value is -2.21. The van der Waals surface area contributed by atoms with Crippen molar-refractivity contribution in [2.45, 2.75) is 13.0 Å². The first-order valence-electron chi connectivity index (χ1n) is 6.75. The van der Waals surface area contributed by atoms with E-state index in [0.717, 1.165) is 18.8 Å². The molecule has 0 aliphatic carbocycles. The standard InChI is InChI=1S/C14H17N5O/c1-11-9-15-7-8-18(11)14(20)13-10-19(17-16-13)12-5-3-2-4-6-12/h2-6,10-11,15H,7-9H2,1H3/t11-/m0/s1. The van der Waals surface area contributed by atoms with Crippen LogP contribution in [0.3, 0.4) is 0 Å². The van der Waals surface area contributed by atoms with Gasteiger partial charge in [0.25, 0.3) is 5.91 Å². The Morgan fingerprint density at radius 3 is 2.90 bits per heavy atom. The summed E-state index contributed by atoms with van der Waals surface area (Å²) in [6.07, 6.45) is 1.69. The van der Waals surface area contributed by atoms with E-state index < -0.39 is 0 Å². The van der Waals surface area contributed by atoms with Crippen LogP contribution < -0.4 is 5.32 Å². The molecule has 1 saturated heterocycles. The molecule has 1 amide bonds. The molecule has 0 spiro atoms. The zero-order valence-electron chi connectivity index (χ0n) is 11.4. The molecular formula is C14H17N5O. The molecule has 3 rings (SSSR count). The molecule has 1 aliphatic rings. The number of carbonyl (C=O) groups excluding carboxylic acids is 1. The van der Waals surface area contributed by atoms with Crippen LogP contribution >= 0.6 is 0 Å². The van der Waals surface area contributed by atoms with Crippen LogP contribution in [0.15, 0.2) is 36.5 Å². The largest absolute Gasteiger partial charge is 0.332 e. The van der Waals surface area contributed by atoms with Gasteiger partial charge in [0.1, 0.15) is 0 Å². The third-order valence-electron chi connectivity index (χ3n) is 3.50. The number of benzene rings is 1. The molecule has 0 unspecified atom stereocenters. The topological polar surface area (TPSA) is 63.1 Å². The lowest BCUT2D eigenvalue weighted by molar-refractivity contribution is 0.0649. The van der Waals surface area contributed by atoms with Gasteiger partial charge in [-0.1, -0.05) is 23.4 Å². The van der Waals surface area contributed by atoms with Crippen molar-refractivity contribution in [2.24, 2.45) is 0 Å². The van der Waals surface area contributed by atoms with E-state index in [1.54, 1.807) is 10.9 Å². The second-order valence-corrected chi connectivity index (χ2v) is 4.94. The van der Waals surface area contributed by atoms with E-state index in [1.165, 1.54) is 0 Å². The van der Waals surface area contributed by atoms with E-state index >= 15 is 0 Å². The fourth-order valence-electron chi connectivity index (χ4n) is 2.36. The zero-order valence-corrected chi connectivity index (χ0v) is 11.4. The predicted octanol–water partition coefficient (Wildman–Crippen LogP) is 0.701. The van der Waals surface area contributed by atoms with E-state index in [0.29, 0.717) is 12.2 Å². The molecule has 1 N–H and O–H groups in total. The first-order valence-corrected chi connectivity index (χ1v) is 6.75. The SMILES string of the molecule is C[C@H]1CNCCN1C(=O)c1cn(-c2ccccc2)nn1. The first-order chi connectivity index (χ1) is 9.75. The maximum absolute atomic E-state index is 12.4. The lowest BCUT2D eigenvalue weighted by Crippen LogP contribution is -2.52. The highest BCUT2D eigenvalue weighted by Crippen LogP contribution is 2.10. The van der Waals surface area contributed by atoms with Crippen molar-refractivity contribution in [3.05, 3.63) is 42.2 Å². The van der Waals surface area contributed by atoms with E-state index in [9.17, 15) is 4.79 Å². The highest BCUT2D eigenvalue weighted by molar-refractivity contribution is 5.92. The molecule has 1 aromatic carbocycles. The molecule has 2 heterocycles. The Balaban J connectivity index is 1.81. The molecular weight excluding hydrogens is 254 g/mol. The van der Waals surface area contributed by atoms with Crippen molar-refractivity contribution in [3.63, 3.8) is 0 Å². The Bertz CT molecular complexity index is 595. The Morgan fingerprint density at radius 2 is 2.15 bits per heavy atom. The fraction of sp³-hybridized carbons (Fsp3) is 0.357. The van der Waals surface area contributed by atoms with Gasteiger partial charge in [-0.05, 0) is 19.1 Å². The van der Waals surface area contributed by atoms with Gasteiger partial charge in [0.05, 0.1) is 11.9 Å². The molecule has 1 atom stereocenters. The van der Waals surface area contributed by atoms with E-state index in [-0.39, 0.29) is 11.9 Å². The minimum atomic E-state index is -0.0545. The Kier molecular flexibility index (Phi) is 3.47. The van der Waals surface area contributed by atoms with E-state index in [4.69, 9.17) is 0 Å². The van der Waals surface area contributed by atoms with Gasteiger partial charge in [0.15, 0.2) is 5.69 Å². The van der Waals surface area contributed by atoms with Gasteiger partial charge in [-0.3, -0.25) is 4.79 Å². The van der Waals surface area contributed by atoms with Crippen molar-refractivity contribution < 1.29 is 4.79 Å². The normalized spacial score (nSPS) is 19.1. The van der Waals surface area contributed by atoms with Gasteiger partial charge in [-0.25, -0.2) is 4.68 Å². The van der Waals surface area contributed by atoms with Gasteiger partial charge < -0.3 is 10.2 Å². The lowest BCUT2D eigenvalue weighted by atomic mass is 10.2. The van der Waals surface area contributed by atoms with Gasteiger partial charge in [0.2, 0.25) is 0 Å². The van der Waals surface area contributed by atoms with Crippen LogP contribution in [0.1, 0.15) is 17.4 Å². The quantitative estimate of drug-likeness (QED) is 0.873. The van der Waals surface area contributed by atoms with E-state index in [2.05, 4.69) is 15.6 Å². The Labute approximate surface area is 117 Å². The number of nitrogens with one attached hydrogen (secondary N) is 1. The summed E-state index contributed by atoms with van der Waals surface area (Å²) in [5, 5.41) is 11.3. The van der Waals surface area contributed by atoms with Crippen molar-refractivity contribution in [1.82, 2.24) is 25.2 Å². The van der Waals surface area contributed by atoms with Crippen molar-refractivity contribution in [3.8, 4) is 5.69 Å². The number of hydrogen-bond donors (Lipinski definition) is 1. The molecule has 0 saturated carbocycles. The van der Waals surface area contributed by atoms with Crippen LogP contribution in [0.2, 0.25) is 0 Å². The monoisotopic (exact) mass is 271 g/mol. The number of amides is 1. The summed E-state index contributed by atoms with van der Waals surface area (Å²) in [6.45, 7) is 4.38. The van der Waals surface area contributed by atoms with Crippen molar-refractivity contribution in [1.29, 1.82) is 0 Å². The smallest absolute Gasteiger partial charge is 0.276 e. The molecule has 104 valence electrons. The molecule has 0 radical (unpaired) electrons. The maximum atomic E-state index is 12.4. The minimum absolute atomic E-state index is 0.0545. The van der Waals surface area contributed by atoms with Crippen LogP contribution in [0, 0.1) is 0 Å². The van der Waals surface area contributed by atoms with Gasteiger partial charge in [0, 0.05) is 25.7 Å². The highest BCUT2D eigenvalue weighted by Gasteiger charge is 2.26. The average Bonchev–Trinajstić information content (AvgIpc) is 2.98. The molecule has 6 nitrogen and oxygen atoms in total. The molecule has 1 aromatic heterocycles. The van der Waals surface area contributed by atoms with Gasteiger partial charge >= 0.3 is 0 Å². The molecule has 20 heavy (non-hydrogen) atoms. The zero-order chi connectivity index (χ0) is 13.9. The van der Waals surface area contributed by atoms with Crippen LogP contribution in [0.4, 0.5) is 0 Å². The third kappa shape index (κ3) is 2.42. The second kappa shape index (κ2) is 5.42. The summed E-state index contributed by atoms with van der Waals surface area (Å²) in [7, 11) is 0. The van der Waals surface area contributed by atoms with Crippen LogP contribution in [0.25, 0.3) is 5.69 Å².